The van der Waals surface area contributed by atoms with Crippen LogP contribution in [-0.4, -0.2) is 30.3 Å². The van der Waals surface area contributed by atoms with Crippen molar-refractivity contribution >= 4 is 11.6 Å². The third-order valence-electron chi connectivity index (χ3n) is 5.07. The second-order valence-corrected chi connectivity index (χ2v) is 6.88. The van der Waals surface area contributed by atoms with E-state index in [9.17, 15) is 22.7 Å². The van der Waals surface area contributed by atoms with Crippen molar-refractivity contribution < 1.29 is 22.7 Å². The monoisotopic (exact) mass is 411 g/mol. The zero-order chi connectivity index (χ0) is 21.4. The van der Waals surface area contributed by atoms with Gasteiger partial charge in [0.2, 0.25) is 0 Å². The molecule has 0 aliphatic rings. The third kappa shape index (κ3) is 4.02. The van der Waals surface area contributed by atoms with Gasteiger partial charge in [0.25, 0.3) is 5.78 Å². The van der Waals surface area contributed by atoms with Crippen LogP contribution in [0.3, 0.4) is 0 Å². The van der Waals surface area contributed by atoms with Crippen LogP contribution >= 0.6 is 0 Å². The highest BCUT2D eigenvalue weighted by Gasteiger charge is 2.38. The lowest BCUT2D eigenvalue weighted by Gasteiger charge is -2.36. The number of nitrogens with zero attached hydrogens (tertiary/aromatic N) is 4. The van der Waals surface area contributed by atoms with Crippen molar-refractivity contribution in [2.75, 3.05) is 5.32 Å². The first-order chi connectivity index (χ1) is 13.6. The zero-order valence-electron chi connectivity index (χ0n) is 16.1. The number of anilines is 1. The first-order valence-corrected chi connectivity index (χ1v) is 9.12. The molecular weight excluding hydrogens is 390 g/mol. The minimum Gasteiger partial charge on any atom is -0.387 e. The Morgan fingerprint density at radius 2 is 1.86 bits per heavy atom. The van der Waals surface area contributed by atoms with E-state index in [1.165, 1.54) is 16.9 Å². The normalized spacial score (nSPS) is 13.7. The quantitative estimate of drug-likeness (QED) is 0.592. The van der Waals surface area contributed by atoms with E-state index in [1.54, 1.807) is 26.8 Å². The van der Waals surface area contributed by atoms with E-state index in [-0.39, 0.29) is 18.4 Å². The van der Waals surface area contributed by atoms with E-state index in [4.69, 9.17) is 0 Å². The molecule has 1 atom stereocenters. The maximum Gasteiger partial charge on any atom is 0.419 e. The molecule has 3 rings (SSSR count). The van der Waals surface area contributed by atoms with Gasteiger partial charge in [-0.15, -0.1) is 0 Å². The number of hydrogen-bond acceptors (Lipinski definition) is 5. The Hall–Kier alpha value is -2.75. The molecule has 2 heterocycles. The molecule has 0 saturated carbocycles. The SMILES string of the molecule is CCC(O)(CC)[C@H](Nc1cc(C)nc2ncnn12)c1ccc(C(F)(F)F)c(F)c1. The van der Waals surface area contributed by atoms with Crippen LogP contribution in [0.2, 0.25) is 0 Å². The minimum absolute atomic E-state index is 0.185. The Labute approximate surface area is 164 Å². The van der Waals surface area contributed by atoms with Crippen LogP contribution in [0.5, 0.6) is 0 Å². The summed E-state index contributed by atoms with van der Waals surface area (Å²) in [7, 11) is 0. The number of fused-ring (bicyclic) bond motifs is 1. The molecule has 29 heavy (non-hydrogen) atoms. The minimum atomic E-state index is -4.80. The second-order valence-electron chi connectivity index (χ2n) is 6.88. The van der Waals surface area contributed by atoms with Crippen molar-refractivity contribution in [3.8, 4) is 0 Å². The summed E-state index contributed by atoms with van der Waals surface area (Å²) in [4.78, 5) is 8.26. The molecule has 6 nitrogen and oxygen atoms in total. The number of aromatic nitrogens is 4. The van der Waals surface area contributed by atoms with Crippen molar-refractivity contribution in [1.82, 2.24) is 19.6 Å². The highest BCUT2D eigenvalue weighted by atomic mass is 19.4. The number of aliphatic hydroxyl groups is 1. The molecule has 2 N–H and O–H groups in total. The number of halogens is 4. The van der Waals surface area contributed by atoms with Gasteiger partial charge in [0.1, 0.15) is 18.0 Å². The Morgan fingerprint density at radius 1 is 1.17 bits per heavy atom. The summed E-state index contributed by atoms with van der Waals surface area (Å²) in [5.41, 5.74) is -1.89. The zero-order valence-corrected chi connectivity index (χ0v) is 16.1. The predicted octanol–water partition coefficient (Wildman–Crippen LogP) is 4.29. The molecule has 0 unspecified atom stereocenters. The van der Waals surface area contributed by atoms with Crippen LogP contribution in [0.25, 0.3) is 5.78 Å². The molecule has 0 bridgehead atoms. The van der Waals surface area contributed by atoms with Crippen LogP contribution in [0, 0.1) is 12.7 Å². The summed E-state index contributed by atoms with van der Waals surface area (Å²) < 4.78 is 54.5. The van der Waals surface area contributed by atoms with Crippen molar-refractivity contribution in [2.45, 2.75) is 51.4 Å². The van der Waals surface area contributed by atoms with Gasteiger partial charge in [-0.3, -0.25) is 0 Å². The van der Waals surface area contributed by atoms with Gasteiger partial charge in [-0.25, -0.2) is 9.37 Å². The van der Waals surface area contributed by atoms with E-state index in [1.807, 2.05) is 0 Å². The van der Waals surface area contributed by atoms with Crippen LogP contribution in [0.1, 0.15) is 49.6 Å². The highest BCUT2D eigenvalue weighted by molar-refractivity contribution is 5.48. The smallest absolute Gasteiger partial charge is 0.387 e. The molecular formula is C19H21F4N5O. The summed E-state index contributed by atoms with van der Waals surface area (Å²) in [5.74, 6) is -0.648. The summed E-state index contributed by atoms with van der Waals surface area (Å²) in [6.45, 7) is 5.25. The molecule has 0 saturated heterocycles. The number of nitrogens with one attached hydrogen (secondary N) is 1. The van der Waals surface area contributed by atoms with Gasteiger partial charge in [0, 0.05) is 11.8 Å². The van der Waals surface area contributed by atoms with Crippen LogP contribution in [0.15, 0.2) is 30.6 Å². The average Bonchev–Trinajstić information content (AvgIpc) is 3.12. The molecule has 2 aromatic heterocycles. The van der Waals surface area contributed by atoms with Gasteiger partial charge in [0.15, 0.2) is 0 Å². The lowest BCUT2D eigenvalue weighted by molar-refractivity contribution is -0.140. The fourth-order valence-corrected chi connectivity index (χ4v) is 3.31. The largest absolute Gasteiger partial charge is 0.419 e. The molecule has 3 aromatic rings. The molecule has 10 heteroatoms. The molecule has 0 fully saturated rings. The topological polar surface area (TPSA) is 75.3 Å². The summed E-state index contributed by atoms with van der Waals surface area (Å²) in [6, 6.07) is 3.44. The Bertz CT molecular complexity index is 1010. The highest BCUT2D eigenvalue weighted by Crippen LogP contribution is 2.38. The van der Waals surface area contributed by atoms with E-state index < -0.39 is 29.2 Å². The van der Waals surface area contributed by atoms with E-state index >= 15 is 0 Å². The lowest BCUT2D eigenvalue weighted by atomic mass is 9.83. The molecule has 1 aromatic carbocycles. The maximum absolute atomic E-state index is 14.2. The standard InChI is InChI=1S/C19H21F4N5O/c1-4-18(29,5-2)16(12-6-7-13(14(20)9-12)19(21,22)23)27-15-8-11(3)26-17-24-10-25-28(15)17/h6-10,16,27,29H,4-5H2,1-3H3/t16-/m1/s1. The Balaban J connectivity index is 2.11. The summed E-state index contributed by atoms with van der Waals surface area (Å²) in [5, 5.41) is 18.3. The van der Waals surface area contributed by atoms with Gasteiger partial charge in [0.05, 0.1) is 17.2 Å². The van der Waals surface area contributed by atoms with Crippen LogP contribution in [-0.2, 0) is 6.18 Å². The van der Waals surface area contributed by atoms with Crippen molar-refractivity contribution in [3.63, 3.8) is 0 Å². The molecule has 156 valence electrons. The third-order valence-corrected chi connectivity index (χ3v) is 5.07. The number of aryl methyl sites for hydroxylation is 1. The molecule has 0 aliphatic carbocycles. The summed E-state index contributed by atoms with van der Waals surface area (Å²) in [6.07, 6.45) is -2.92. The van der Waals surface area contributed by atoms with Crippen molar-refractivity contribution in [3.05, 3.63) is 53.2 Å². The van der Waals surface area contributed by atoms with Gasteiger partial charge >= 0.3 is 6.18 Å². The Morgan fingerprint density at radius 3 is 2.45 bits per heavy atom. The van der Waals surface area contributed by atoms with E-state index in [2.05, 4.69) is 20.4 Å². The van der Waals surface area contributed by atoms with E-state index in [0.717, 1.165) is 6.07 Å². The molecule has 0 spiro atoms. The fourth-order valence-electron chi connectivity index (χ4n) is 3.31. The summed E-state index contributed by atoms with van der Waals surface area (Å²) >= 11 is 0. The maximum atomic E-state index is 14.2. The van der Waals surface area contributed by atoms with Crippen molar-refractivity contribution in [1.29, 1.82) is 0 Å². The van der Waals surface area contributed by atoms with Crippen molar-refractivity contribution in [2.24, 2.45) is 0 Å². The van der Waals surface area contributed by atoms with Gasteiger partial charge in [-0.1, -0.05) is 19.9 Å². The number of rotatable bonds is 6. The molecule has 0 aliphatic heterocycles. The number of benzene rings is 1. The van der Waals surface area contributed by atoms with Gasteiger partial charge in [-0.05, 0) is 37.5 Å². The first kappa shape index (κ1) is 21.0. The lowest BCUT2D eigenvalue weighted by Crippen LogP contribution is -2.40. The first-order valence-electron chi connectivity index (χ1n) is 9.12. The Kier molecular flexibility index (Phi) is 5.48. The van der Waals surface area contributed by atoms with Gasteiger partial charge in [-0.2, -0.15) is 27.8 Å². The van der Waals surface area contributed by atoms with E-state index in [0.29, 0.717) is 23.4 Å². The fraction of sp³-hybridized carbons (Fsp3) is 0.421. The van der Waals surface area contributed by atoms with Crippen LogP contribution < -0.4 is 5.32 Å². The average molecular weight is 411 g/mol. The molecule has 0 radical (unpaired) electrons. The van der Waals surface area contributed by atoms with Gasteiger partial charge < -0.3 is 10.4 Å². The predicted molar refractivity (Wildman–Crippen MR) is 98.8 cm³/mol. The number of alkyl halides is 3. The second kappa shape index (κ2) is 7.58. The number of hydrogen-bond donors (Lipinski definition) is 2. The molecule has 0 amide bonds. The van der Waals surface area contributed by atoms with Crippen LogP contribution in [0.4, 0.5) is 23.4 Å².